The largest absolute Gasteiger partial charge is 0.459 e. The minimum atomic E-state index is -0.0588. The zero-order valence-corrected chi connectivity index (χ0v) is 19.3. The Morgan fingerprint density at radius 1 is 1.10 bits per heavy atom. The molecule has 1 saturated heterocycles. The van der Waals surface area contributed by atoms with E-state index >= 15 is 0 Å². The summed E-state index contributed by atoms with van der Waals surface area (Å²) in [6.45, 7) is 6.07. The number of aromatic nitrogens is 1. The van der Waals surface area contributed by atoms with Crippen molar-refractivity contribution in [3.63, 3.8) is 0 Å². The van der Waals surface area contributed by atoms with Crippen LogP contribution in [-0.2, 0) is 6.54 Å². The lowest BCUT2D eigenvalue weighted by atomic mass is 10.1. The van der Waals surface area contributed by atoms with E-state index in [9.17, 15) is 4.79 Å². The fraction of sp³-hybridized carbons (Fsp3) is 0.318. The molecule has 1 amide bonds. The Hall–Kier alpha value is -2.62. The number of carbonyl (C=O) groups excluding carboxylic acids is 1. The predicted octanol–water partition coefficient (Wildman–Crippen LogP) is 3.37. The van der Waals surface area contributed by atoms with Crippen molar-refractivity contribution in [1.29, 1.82) is 0 Å². The molecule has 0 radical (unpaired) electrons. The van der Waals surface area contributed by atoms with Crippen molar-refractivity contribution in [2.45, 2.75) is 13.5 Å². The molecule has 3 heterocycles. The average Bonchev–Trinajstić information content (AvgIpc) is 3.31. The van der Waals surface area contributed by atoms with Gasteiger partial charge in [-0.1, -0.05) is 24.3 Å². The molecule has 0 aliphatic carbocycles. The Morgan fingerprint density at radius 2 is 1.87 bits per heavy atom. The number of hydrogen-bond donors (Lipinski definition) is 1. The van der Waals surface area contributed by atoms with Gasteiger partial charge in [0, 0.05) is 44.3 Å². The second kappa shape index (κ2) is 10.4. The first-order chi connectivity index (χ1) is 14.3. The van der Waals surface area contributed by atoms with Crippen LogP contribution >= 0.6 is 24.0 Å². The van der Waals surface area contributed by atoms with Gasteiger partial charge in [0.25, 0.3) is 5.91 Å². The molecule has 30 heavy (non-hydrogen) atoms. The lowest BCUT2D eigenvalue weighted by molar-refractivity contribution is 0.0657. The molecular formula is C22H26IN5O2. The van der Waals surface area contributed by atoms with Crippen molar-refractivity contribution in [2.75, 3.05) is 32.7 Å². The second-order valence-electron chi connectivity index (χ2n) is 6.91. The third kappa shape index (κ3) is 4.92. The third-order valence-corrected chi connectivity index (χ3v) is 5.07. The maximum absolute atomic E-state index is 12.5. The van der Waals surface area contributed by atoms with Crippen molar-refractivity contribution < 1.29 is 9.21 Å². The first-order valence-electron chi connectivity index (χ1n) is 9.95. The van der Waals surface area contributed by atoms with Crippen LogP contribution in [-0.4, -0.2) is 59.4 Å². The topological polar surface area (TPSA) is 74.0 Å². The van der Waals surface area contributed by atoms with Crippen molar-refractivity contribution in [1.82, 2.24) is 20.1 Å². The number of hydrogen-bond acceptors (Lipinski definition) is 4. The number of nitrogens with zero attached hydrogens (tertiary/aromatic N) is 4. The Bertz CT molecular complexity index is 992. The summed E-state index contributed by atoms with van der Waals surface area (Å²) in [6, 6.07) is 13.7. The number of rotatable bonds is 4. The van der Waals surface area contributed by atoms with Crippen molar-refractivity contribution >= 4 is 46.6 Å². The number of piperazine rings is 1. The fourth-order valence-corrected chi connectivity index (χ4v) is 3.56. The van der Waals surface area contributed by atoms with E-state index in [-0.39, 0.29) is 29.9 Å². The summed E-state index contributed by atoms with van der Waals surface area (Å²) >= 11 is 0. The molecule has 3 aromatic rings. The van der Waals surface area contributed by atoms with E-state index in [4.69, 9.17) is 9.41 Å². The van der Waals surface area contributed by atoms with E-state index in [0.29, 0.717) is 25.4 Å². The summed E-state index contributed by atoms with van der Waals surface area (Å²) < 4.78 is 5.24. The number of fused-ring (bicyclic) bond motifs is 1. The van der Waals surface area contributed by atoms with Crippen LogP contribution in [0, 0.1) is 0 Å². The molecule has 7 nitrogen and oxygen atoms in total. The molecule has 158 valence electrons. The molecule has 0 unspecified atom stereocenters. The summed E-state index contributed by atoms with van der Waals surface area (Å²) in [4.78, 5) is 25.8. The summed E-state index contributed by atoms with van der Waals surface area (Å²) in [5, 5.41) is 5.67. The van der Waals surface area contributed by atoms with Crippen molar-refractivity contribution in [3.05, 3.63) is 66.4 Å². The molecule has 2 aromatic heterocycles. The van der Waals surface area contributed by atoms with Crippen LogP contribution in [0.4, 0.5) is 0 Å². The van der Waals surface area contributed by atoms with Crippen LogP contribution < -0.4 is 5.32 Å². The number of aliphatic imine (C=N–C) groups is 1. The first kappa shape index (κ1) is 22.1. The fourth-order valence-electron chi connectivity index (χ4n) is 3.56. The van der Waals surface area contributed by atoms with Crippen LogP contribution in [0.3, 0.4) is 0 Å². The number of pyridine rings is 1. The molecule has 1 aliphatic rings. The summed E-state index contributed by atoms with van der Waals surface area (Å²) in [7, 11) is 0. The van der Waals surface area contributed by atoms with Crippen LogP contribution in [0.25, 0.3) is 10.8 Å². The molecule has 1 N–H and O–H groups in total. The SMILES string of the molecule is CCNC(=NCc1nccc2ccccc12)N1CCN(C(=O)c2ccco2)CC1.I. The number of guanidine groups is 1. The molecule has 4 rings (SSSR count). The highest BCUT2D eigenvalue weighted by Gasteiger charge is 2.25. The Labute approximate surface area is 193 Å². The van der Waals surface area contributed by atoms with Crippen LogP contribution in [0.15, 0.2) is 64.3 Å². The predicted molar refractivity (Wildman–Crippen MR) is 128 cm³/mol. The number of halogens is 1. The molecule has 1 aliphatic heterocycles. The van der Waals surface area contributed by atoms with E-state index in [1.54, 1.807) is 12.1 Å². The van der Waals surface area contributed by atoms with Gasteiger partial charge in [-0.25, -0.2) is 4.99 Å². The van der Waals surface area contributed by atoms with Crippen molar-refractivity contribution in [2.24, 2.45) is 4.99 Å². The van der Waals surface area contributed by atoms with Gasteiger partial charge in [-0.2, -0.15) is 0 Å². The molecule has 1 fully saturated rings. The van der Waals surface area contributed by atoms with Gasteiger partial charge in [0.1, 0.15) is 0 Å². The Kier molecular flexibility index (Phi) is 7.67. The summed E-state index contributed by atoms with van der Waals surface area (Å²) in [6.07, 6.45) is 3.36. The number of benzene rings is 1. The normalized spacial score (nSPS) is 14.5. The zero-order chi connectivity index (χ0) is 20.1. The minimum absolute atomic E-state index is 0. The molecule has 1 aromatic carbocycles. The number of nitrogens with one attached hydrogen (secondary N) is 1. The van der Waals surface area contributed by atoms with Gasteiger partial charge < -0.3 is 19.5 Å². The smallest absolute Gasteiger partial charge is 0.289 e. The van der Waals surface area contributed by atoms with E-state index in [1.807, 2.05) is 29.3 Å². The lowest BCUT2D eigenvalue weighted by Gasteiger charge is -2.36. The van der Waals surface area contributed by atoms with Gasteiger partial charge in [-0.05, 0) is 30.5 Å². The van der Waals surface area contributed by atoms with Gasteiger partial charge in [0.15, 0.2) is 11.7 Å². The molecule has 8 heteroatoms. The third-order valence-electron chi connectivity index (χ3n) is 5.07. The molecule has 0 saturated carbocycles. The van der Waals surface area contributed by atoms with Crippen LogP contribution in [0.1, 0.15) is 23.2 Å². The first-order valence-corrected chi connectivity index (χ1v) is 9.95. The van der Waals surface area contributed by atoms with Gasteiger partial charge in [-0.15, -0.1) is 24.0 Å². The maximum Gasteiger partial charge on any atom is 0.289 e. The second-order valence-corrected chi connectivity index (χ2v) is 6.91. The van der Waals surface area contributed by atoms with Crippen molar-refractivity contribution in [3.8, 4) is 0 Å². The van der Waals surface area contributed by atoms with E-state index < -0.39 is 0 Å². The van der Waals surface area contributed by atoms with Gasteiger partial charge >= 0.3 is 0 Å². The molecule has 0 atom stereocenters. The Balaban J connectivity index is 0.00000256. The Morgan fingerprint density at radius 3 is 2.60 bits per heavy atom. The molecule has 0 spiro atoms. The highest BCUT2D eigenvalue weighted by molar-refractivity contribution is 14.0. The lowest BCUT2D eigenvalue weighted by Crippen LogP contribution is -2.53. The van der Waals surface area contributed by atoms with Gasteiger partial charge in [0.05, 0.1) is 18.5 Å². The van der Waals surface area contributed by atoms with E-state index in [1.165, 1.54) is 11.6 Å². The van der Waals surface area contributed by atoms with Crippen LogP contribution in [0.5, 0.6) is 0 Å². The molecule has 0 bridgehead atoms. The minimum Gasteiger partial charge on any atom is -0.459 e. The van der Waals surface area contributed by atoms with Gasteiger partial charge in [0.2, 0.25) is 0 Å². The number of furan rings is 1. The zero-order valence-electron chi connectivity index (χ0n) is 17.0. The van der Waals surface area contributed by atoms with Crippen LogP contribution in [0.2, 0.25) is 0 Å². The summed E-state index contributed by atoms with van der Waals surface area (Å²) in [5.41, 5.74) is 0.963. The van der Waals surface area contributed by atoms with E-state index in [2.05, 4.69) is 34.3 Å². The summed E-state index contributed by atoms with van der Waals surface area (Å²) in [5.74, 6) is 1.19. The highest BCUT2D eigenvalue weighted by Crippen LogP contribution is 2.17. The quantitative estimate of drug-likeness (QED) is 0.325. The van der Waals surface area contributed by atoms with E-state index in [0.717, 1.165) is 36.7 Å². The number of amides is 1. The average molecular weight is 519 g/mol. The monoisotopic (exact) mass is 519 g/mol. The number of carbonyl (C=O) groups is 1. The standard InChI is InChI=1S/C22H25N5O2.HI/c1-2-23-22(25-16-19-18-7-4-3-6-17(18)9-10-24-19)27-13-11-26(12-14-27)21(28)20-8-5-15-29-20;/h3-10,15H,2,11-14,16H2,1H3,(H,23,25);1H. The molecular weight excluding hydrogens is 493 g/mol. The maximum atomic E-state index is 12.5. The van der Waals surface area contributed by atoms with Gasteiger partial charge in [-0.3, -0.25) is 9.78 Å². The highest BCUT2D eigenvalue weighted by atomic mass is 127.